The van der Waals surface area contributed by atoms with E-state index in [1.54, 1.807) is 0 Å². The SMILES string of the molecule is C[C@@H]1Oc2nc(Cl)c(F)c3c(I)c(C4CCC(=O)N4)nc(c23)N2C[C@@]3(C)CC[C@@H]([C@@H]12)N3C(=O)OC(C)(C)C. The van der Waals surface area contributed by atoms with Crippen molar-refractivity contribution < 1.29 is 23.5 Å². The summed E-state index contributed by atoms with van der Waals surface area (Å²) >= 11 is 8.36. The fourth-order valence-electron chi connectivity index (χ4n) is 6.58. The van der Waals surface area contributed by atoms with Gasteiger partial charge in [-0.1, -0.05) is 11.6 Å². The van der Waals surface area contributed by atoms with Crippen molar-refractivity contribution in [3.8, 4) is 5.88 Å². The van der Waals surface area contributed by atoms with Crippen LogP contribution in [0.2, 0.25) is 5.15 Å². The standard InChI is InChI=1S/C26H30ClFIN5O4/c1-11-20-13-8-9-26(5,34(13)24(36)38-25(2,3)4)10-33(20)22-16-15(17(28)21(27)32-23(16)37-11)18(29)19(31-22)12-6-7-14(35)30-12/h11-13,20H,6-10H2,1-5H3,(H,30,35)/t11-,12?,13-,20+,26+/m0/s1. The van der Waals surface area contributed by atoms with E-state index in [9.17, 15) is 9.59 Å². The number of nitrogens with zero attached hydrogens (tertiary/aromatic N) is 4. The third-order valence-corrected chi connectivity index (χ3v) is 9.42. The summed E-state index contributed by atoms with van der Waals surface area (Å²) in [4.78, 5) is 38.9. The molecule has 1 unspecified atom stereocenters. The van der Waals surface area contributed by atoms with Crippen molar-refractivity contribution in [2.75, 3.05) is 11.4 Å². The van der Waals surface area contributed by atoms with E-state index in [0.717, 1.165) is 12.8 Å². The molecule has 1 N–H and O–H groups in total. The molecule has 5 atom stereocenters. The molecule has 6 rings (SSSR count). The zero-order chi connectivity index (χ0) is 27.3. The molecule has 2 bridgehead atoms. The summed E-state index contributed by atoms with van der Waals surface area (Å²) in [6.07, 6.45) is 1.75. The van der Waals surface area contributed by atoms with Gasteiger partial charge in [0.1, 0.15) is 17.5 Å². The summed E-state index contributed by atoms with van der Waals surface area (Å²) in [5, 5.41) is 3.46. The van der Waals surface area contributed by atoms with E-state index in [2.05, 4.69) is 44.7 Å². The van der Waals surface area contributed by atoms with Crippen LogP contribution in [0, 0.1) is 9.39 Å². The highest BCUT2D eigenvalue weighted by Gasteiger charge is 2.59. The molecule has 0 saturated carbocycles. The number of pyridine rings is 2. The monoisotopic (exact) mass is 657 g/mol. The predicted molar refractivity (Wildman–Crippen MR) is 148 cm³/mol. The molecule has 3 saturated heterocycles. The fraction of sp³-hybridized carbons (Fsp3) is 0.615. The van der Waals surface area contributed by atoms with E-state index < -0.39 is 23.1 Å². The highest BCUT2D eigenvalue weighted by atomic mass is 127. The number of amides is 2. The average Bonchev–Trinajstić information content (AvgIpc) is 3.31. The van der Waals surface area contributed by atoms with Crippen LogP contribution in [0.3, 0.4) is 0 Å². The van der Waals surface area contributed by atoms with E-state index in [-0.39, 0.29) is 41.2 Å². The molecule has 2 aromatic rings. The van der Waals surface area contributed by atoms with E-state index in [1.807, 2.05) is 32.6 Å². The lowest BCUT2D eigenvalue weighted by Crippen LogP contribution is -2.69. The van der Waals surface area contributed by atoms with E-state index in [1.165, 1.54) is 0 Å². The van der Waals surface area contributed by atoms with Crippen LogP contribution in [0.4, 0.5) is 15.0 Å². The number of hydrogen-bond donors (Lipinski definition) is 1. The van der Waals surface area contributed by atoms with Crippen molar-refractivity contribution in [2.24, 2.45) is 0 Å². The number of rotatable bonds is 1. The number of carbonyl (C=O) groups excluding carboxylic acids is 2. The Hall–Kier alpha value is -2.15. The number of ether oxygens (including phenoxy) is 2. The van der Waals surface area contributed by atoms with Gasteiger partial charge in [-0.2, -0.15) is 4.98 Å². The van der Waals surface area contributed by atoms with Crippen LogP contribution in [0.5, 0.6) is 5.88 Å². The minimum Gasteiger partial charge on any atom is -0.472 e. The van der Waals surface area contributed by atoms with E-state index >= 15 is 4.39 Å². The van der Waals surface area contributed by atoms with E-state index in [4.69, 9.17) is 26.1 Å². The molecule has 0 aliphatic carbocycles. The molecule has 3 fully saturated rings. The Morgan fingerprint density at radius 1 is 1.29 bits per heavy atom. The second-order valence-electron chi connectivity index (χ2n) is 12.0. The summed E-state index contributed by atoms with van der Waals surface area (Å²) in [6.45, 7) is 10.0. The minimum absolute atomic E-state index is 0.0566. The first-order valence-corrected chi connectivity index (χ1v) is 14.4. The van der Waals surface area contributed by atoms with Gasteiger partial charge in [0.2, 0.25) is 11.8 Å². The largest absolute Gasteiger partial charge is 0.472 e. The summed E-state index contributed by atoms with van der Waals surface area (Å²) in [6, 6.07) is -0.824. The van der Waals surface area contributed by atoms with Crippen LogP contribution < -0.4 is 15.0 Å². The summed E-state index contributed by atoms with van der Waals surface area (Å²) in [5.74, 6) is 0.0747. The molecule has 204 valence electrons. The normalized spacial score (nSPS) is 30.2. The average molecular weight is 658 g/mol. The lowest BCUT2D eigenvalue weighted by Gasteiger charge is -2.52. The van der Waals surface area contributed by atoms with Gasteiger partial charge in [0, 0.05) is 21.9 Å². The Labute approximate surface area is 238 Å². The van der Waals surface area contributed by atoms with Gasteiger partial charge in [-0.15, -0.1) is 0 Å². The molecule has 38 heavy (non-hydrogen) atoms. The molecule has 12 heteroatoms. The number of hydrogen-bond acceptors (Lipinski definition) is 7. The minimum atomic E-state index is -0.639. The molecule has 4 aliphatic heterocycles. The summed E-state index contributed by atoms with van der Waals surface area (Å²) in [7, 11) is 0. The molecule has 0 radical (unpaired) electrons. The number of anilines is 1. The third kappa shape index (κ3) is 3.89. The number of piperazine rings is 1. The summed E-state index contributed by atoms with van der Waals surface area (Å²) < 4.78 is 28.5. The Bertz CT molecular complexity index is 1390. The number of halogens is 3. The second kappa shape index (κ2) is 8.67. The predicted octanol–water partition coefficient (Wildman–Crippen LogP) is 5.11. The zero-order valence-corrected chi connectivity index (χ0v) is 24.8. The van der Waals surface area contributed by atoms with Gasteiger partial charge in [0.05, 0.1) is 34.7 Å². The highest BCUT2D eigenvalue weighted by molar-refractivity contribution is 14.1. The van der Waals surface area contributed by atoms with Gasteiger partial charge in [0.15, 0.2) is 11.0 Å². The van der Waals surface area contributed by atoms with Gasteiger partial charge >= 0.3 is 6.09 Å². The van der Waals surface area contributed by atoms with Gasteiger partial charge in [-0.05, 0) is 76.5 Å². The molecule has 6 heterocycles. The van der Waals surface area contributed by atoms with Crippen LogP contribution in [0.25, 0.3) is 10.8 Å². The first kappa shape index (κ1) is 26.1. The molecule has 2 amide bonds. The van der Waals surface area contributed by atoms with Crippen molar-refractivity contribution in [3.05, 3.63) is 20.2 Å². The molecular formula is C26H30ClFIN5O4. The summed E-state index contributed by atoms with van der Waals surface area (Å²) in [5.41, 5.74) is -0.550. The maximum absolute atomic E-state index is 15.7. The van der Waals surface area contributed by atoms with Crippen LogP contribution in [-0.2, 0) is 9.53 Å². The molecule has 2 aromatic heterocycles. The lowest BCUT2D eigenvalue weighted by molar-refractivity contribution is -0.119. The first-order chi connectivity index (χ1) is 17.8. The first-order valence-electron chi connectivity index (χ1n) is 12.9. The Morgan fingerprint density at radius 2 is 2.03 bits per heavy atom. The number of carbonyl (C=O) groups is 2. The molecule has 0 spiro atoms. The third-order valence-electron chi connectivity index (χ3n) is 8.08. The topological polar surface area (TPSA) is 96.9 Å². The van der Waals surface area contributed by atoms with Crippen LogP contribution in [0.15, 0.2) is 0 Å². The van der Waals surface area contributed by atoms with Crippen LogP contribution in [-0.4, -0.2) is 62.7 Å². The number of aromatic nitrogens is 2. The molecule has 0 aromatic carbocycles. The van der Waals surface area contributed by atoms with Crippen molar-refractivity contribution in [1.82, 2.24) is 20.2 Å². The maximum Gasteiger partial charge on any atom is 0.411 e. The Morgan fingerprint density at radius 3 is 2.68 bits per heavy atom. The van der Waals surface area contributed by atoms with Crippen LogP contribution in [0.1, 0.15) is 72.0 Å². The smallest absolute Gasteiger partial charge is 0.411 e. The van der Waals surface area contributed by atoms with Crippen molar-refractivity contribution in [3.63, 3.8) is 0 Å². The van der Waals surface area contributed by atoms with E-state index in [0.29, 0.717) is 45.2 Å². The molecule has 9 nitrogen and oxygen atoms in total. The van der Waals surface area contributed by atoms with Crippen molar-refractivity contribution in [1.29, 1.82) is 0 Å². The Balaban J connectivity index is 1.54. The van der Waals surface area contributed by atoms with Gasteiger partial charge in [0.25, 0.3) is 0 Å². The van der Waals surface area contributed by atoms with Gasteiger partial charge in [-0.3, -0.25) is 9.69 Å². The number of nitrogens with one attached hydrogen (secondary N) is 1. The fourth-order valence-corrected chi connectivity index (χ4v) is 7.75. The van der Waals surface area contributed by atoms with Gasteiger partial charge < -0.3 is 19.7 Å². The molecule has 4 aliphatic rings. The van der Waals surface area contributed by atoms with Crippen LogP contribution >= 0.6 is 34.2 Å². The zero-order valence-electron chi connectivity index (χ0n) is 21.9. The second-order valence-corrected chi connectivity index (χ2v) is 13.4. The van der Waals surface area contributed by atoms with Crippen molar-refractivity contribution in [2.45, 2.75) is 95.7 Å². The highest BCUT2D eigenvalue weighted by Crippen LogP contribution is 2.50. The van der Waals surface area contributed by atoms with Gasteiger partial charge in [-0.25, -0.2) is 14.2 Å². The van der Waals surface area contributed by atoms with Crippen molar-refractivity contribution >= 4 is 62.8 Å². The lowest BCUT2D eigenvalue weighted by atomic mass is 9.93. The Kier molecular flexibility index (Phi) is 5.96. The number of fused-ring (bicyclic) bond motifs is 5. The quantitative estimate of drug-likeness (QED) is 0.337. The maximum atomic E-state index is 15.7. The molecular weight excluding hydrogens is 628 g/mol.